The van der Waals surface area contributed by atoms with E-state index in [4.69, 9.17) is 5.41 Å². The Morgan fingerprint density at radius 2 is 2.29 bits per heavy atom. The Morgan fingerprint density at radius 3 is 2.71 bits per heavy atom. The molecule has 38 valence electrons. The van der Waals surface area contributed by atoms with Crippen molar-refractivity contribution in [2.75, 3.05) is 0 Å². The molecule has 0 aromatic rings. The van der Waals surface area contributed by atoms with Crippen LogP contribution in [0, 0.1) is 5.41 Å². The van der Waals surface area contributed by atoms with Gasteiger partial charge in [0.1, 0.15) is 0 Å². The van der Waals surface area contributed by atoms with E-state index in [-0.39, 0.29) is 0 Å². The van der Waals surface area contributed by atoms with Crippen molar-refractivity contribution >= 4 is 6.21 Å². The van der Waals surface area contributed by atoms with Gasteiger partial charge in [-0.15, -0.1) is 6.58 Å². The standard InChI is InChI=1S/C6H9N/c1-2-3-4-5-6-7/h2,4-7H,1,3H2. The molecule has 0 atom stereocenters. The summed E-state index contributed by atoms with van der Waals surface area (Å²) < 4.78 is 0. The van der Waals surface area contributed by atoms with Crippen LogP contribution in [-0.2, 0) is 0 Å². The summed E-state index contributed by atoms with van der Waals surface area (Å²) in [5, 5.41) is 6.53. The molecule has 0 aromatic carbocycles. The van der Waals surface area contributed by atoms with E-state index in [1.54, 1.807) is 12.2 Å². The second-order valence-corrected chi connectivity index (χ2v) is 1.12. The van der Waals surface area contributed by atoms with Crippen LogP contribution < -0.4 is 0 Å². The van der Waals surface area contributed by atoms with Crippen LogP contribution in [0.4, 0.5) is 0 Å². The fourth-order valence-corrected chi connectivity index (χ4v) is 0.243. The van der Waals surface area contributed by atoms with E-state index >= 15 is 0 Å². The van der Waals surface area contributed by atoms with Crippen molar-refractivity contribution in [2.24, 2.45) is 0 Å². The first kappa shape index (κ1) is 6.15. The quantitative estimate of drug-likeness (QED) is 0.408. The average molecular weight is 95.1 g/mol. The molecular formula is C6H9N. The Labute approximate surface area is 43.9 Å². The van der Waals surface area contributed by atoms with Crippen LogP contribution in [-0.4, -0.2) is 6.21 Å². The normalized spacial score (nSPS) is 9.14. The van der Waals surface area contributed by atoms with Gasteiger partial charge in [0, 0.05) is 6.21 Å². The maximum atomic E-state index is 6.53. The molecule has 0 heterocycles. The van der Waals surface area contributed by atoms with E-state index in [1.165, 1.54) is 6.21 Å². The van der Waals surface area contributed by atoms with E-state index < -0.39 is 0 Å². The third-order valence-corrected chi connectivity index (χ3v) is 0.535. The fraction of sp³-hybridized carbons (Fsp3) is 0.167. The van der Waals surface area contributed by atoms with Gasteiger partial charge in [-0.05, 0) is 12.5 Å². The lowest BCUT2D eigenvalue weighted by molar-refractivity contribution is 1.41. The molecule has 0 spiro atoms. The van der Waals surface area contributed by atoms with Crippen LogP contribution in [0.15, 0.2) is 24.8 Å². The Morgan fingerprint density at radius 1 is 1.57 bits per heavy atom. The topological polar surface area (TPSA) is 23.9 Å². The SMILES string of the molecule is C=CCC=CC=N. The summed E-state index contributed by atoms with van der Waals surface area (Å²) in [7, 11) is 0. The predicted octanol–water partition coefficient (Wildman–Crippen LogP) is 1.77. The first-order valence-electron chi connectivity index (χ1n) is 2.18. The summed E-state index contributed by atoms with van der Waals surface area (Å²) in [5.74, 6) is 0. The fourth-order valence-electron chi connectivity index (χ4n) is 0.243. The molecule has 1 nitrogen and oxygen atoms in total. The highest BCUT2D eigenvalue weighted by atomic mass is 14.3. The molecule has 0 saturated carbocycles. The van der Waals surface area contributed by atoms with E-state index in [0.29, 0.717) is 0 Å². The van der Waals surface area contributed by atoms with Gasteiger partial charge < -0.3 is 5.41 Å². The van der Waals surface area contributed by atoms with Gasteiger partial charge in [0.25, 0.3) is 0 Å². The maximum absolute atomic E-state index is 6.53. The molecule has 1 N–H and O–H groups in total. The summed E-state index contributed by atoms with van der Waals surface area (Å²) in [6.45, 7) is 3.51. The molecule has 0 aliphatic heterocycles. The molecule has 0 radical (unpaired) electrons. The van der Waals surface area contributed by atoms with Gasteiger partial charge in [-0.1, -0.05) is 12.2 Å². The van der Waals surface area contributed by atoms with Crippen LogP contribution in [0.3, 0.4) is 0 Å². The summed E-state index contributed by atoms with van der Waals surface area (Å²) in [6.07, 6.45) is 7.46. The monoisotopic (exact) mass is 95.1 g/mol. The summed E-state index contributed by atoms with van der Waals surface area (Å²) in [5.41, 5.74) is 0. The van der Waals surface area contributed by atoms with Crippen molar-refractivity contribution in [2.45, 2.75) is 6.42 Å². The number of hydrogen-bond donors (Lipinski definition) is 1. The largest absolute Gasteiger partial charge is 0.309 e. The second kappa shape index (κ2) is 5.15. The van der Waals surface area contributed by atoms with E-state index in [0.717, 1.165) is 6.42 Å². The molecule has 0 unspecified atom stereocenters. The predicted molar refractivity (Wildman–Crippen MR) is 32.7 cm³/mol. The average Bonchev–Trinajstić information content (AvgIpc) is 1.69. The number of nitrogens with one attached hydrogen (secondary N) is 1. The Bertz CT molecular complexity index is 82.2. The van der Waals surface area contributed by atoms with Gasteiger partial charge in [-0.3, -0.25) is 0 Å². The van der Waals surface area contributed by atoms with Crippen molar-refractivity contribution in [3.8, 4) is 0 Å². The lowest BCUT2D eigenvalue weighted by Gasteiger charge is -1.70. The van der Waals surface area contributed by atoms with E-state index in [1.807, 2.05) is 6.08 Å². The third-order valence-electron chi connectivity index (χ3n) is 0.535. The van der Waals surface area contributed by atoms with Crippen molar-refractivity contribution < 1.29 is 0 Å². The summed E-state index contributed by atoms with van der Waals surface area (Å²) in [6, 6.07) is 0. The van der Waals surface area contributed by atoms with Crippen molar-refractivity contribution in [3.05, 3.63) is 24.8 Å². The van der Waals surface area contributed by atoms with Crippen molar-refractivity contribution in [3.63, 3.8) is 0 Å². The molecule has 0 rings (SSSR count). The maximum Gasteiger partial charge on any atom is 0.0174 e. The van der Waals surface area contributed by atoms with Crippen LogP contribution in [0.25, 0.3) is 0 Å². The minimum absolute atomic E-state index is 0.857. The smallest absolute Gasteiger partial charge is 0.0174 e. The second-order valence-electron chi connectivity index (χ2n) is 1.12. The minimum atomic E-state index is 0.857. The van der Waals surface area contributed by atoms with Crippen molar-refractivity contribution in [1.29, 1.82) is 5.41 Å². The van der Waals surface area contributed by atoms with Gasteiger partial charge in [0.15, 0.2) is 0 Å². The zero-order valence-electron chi connectivity index (χ0n) is 4.22. The Balaban J connectivity index is 3.08. The third kappa shape index (κ3) is 5.15. The molecule has 0 aliphatic rings. The number of allylic oxidation sites excluding steroid dienone is 3. The van der Waals surface area contributed by atoms with Crippen molar-refractivity contribution in [1.82, 2.24) is 0 Å². The van der Waals surface area contributed by atoms with E-state index in [9.17, 15) is 0 Å². The Kier molecular flexibility index (Phi) is 4.52. The molecule has 1 heteroatoms. The number of hydrogen-bond acceptors (Lipinski definition) is 1. The zero-order chi connectivity index (χ0) is 5.54. The molecule has 7 heavy (non-hydrogen) atoms. The van der Waals surface area contributed by atoms with Gasteiger partial charge in [0.05, 0.1) is 0 Å². The highest BCUT2D eigenvalue weighted by molar-refractivity contribution is 5.67. The minimum Gasteiger partial charge on any atom is -0.309 e. The highest BCUT2D eigenvalue weighted by Crippen LogP contribution is 1.78. The first-order valence-corrected chi connectivity index (χ1v) is 2.18. The molecule has 0 aliphatic carbocycles. The van der Waals surface area contributed by atoms with Crippen LogP contribution in [0.1, 0.15) is 6.42 Å². The van der Waals surface area contributed by atoms with Crippen LogP contribution in [0.2, 0.25) is 0 Å². The van der Waals surface area contributed by atoms with Gasteiger partial charge >= 0.3 is 0 Å². The number of rotatable bonds is 3. The lowest BCUT2D eigenvalue weighted by Crippen LogP contribution is -1.56. The molecule has 0 aromatic heterocycles. The lowest BCUT2D eigenvalue weighted by atomic mass is 10.4. The summed E-state index contributed by atoms with van der Waals surface area (Å²) in [4.78, 5) is 0. The van der Waals surface area contributed by atoms with Crippen LogP contribution >= 0.6 is 0 Å². The first-order chi connectivity index (χ1) is 3.41. The van der Waals surface area contributed by atoms with Gasteiger partial charge in [-0.25, -0.2) is 0 Å². The van der Waals surface area contributed by atoms with Crippen LogP contribution in [0.5, 0.6) is 0 Å². The Hall–Kier alpha value is -0.850. The molecule has 0 bridgehead atoms. The molecule has 0 amide bonds. The summed E-state index contributed by atoms with van der Waals surface area (Å²) >= 11 is 0. The van der Waals surface area contributed by atoms with E-state index in [2.05, 4.69) is 6.58 Å². The molecule has 0 fully saturated rings. The zero-order valence-corrected chi connectivity index (χ0v) is 4.22. The molecule has 0 saturated heterocycles. The highest BCUT2D eigenvalue weighted by Gasteiger charge is 1.60. The van der Waals surface area contributed by atoms with Gasteiger partial charge in [0.2, 0.25) is 0 Å². The van der Waals surface area contributed by atoms with Gasteiger partial charge in [-0.2, -0.15) is 0 Å². The molecular weight excluding hydrogens is 86.1 g/mol.